The van der Waals surface area contributed by atoms with Gasteiger partial charge in [0.05, 0.1) is 27.9 Å². The summed E-state index contributed by atoms with van der Waals surface area (Å²) in [6.45, 7) is 2.38. The van der Waals surface area contributed by atoms with Crippen LogP contribution in [0.25, 0.3) is 0 Å². The molecule has 2 aromatic rings. The minimum Gasteiger partial charge on any atom is -0.494 e. The summed E-state index contributed by atoms with van der Waals surface area (Å²) in [5.41, 5.74) is 6.33. The van der Waals surface area contributed by atoms with Crippen LogP contribution in [0.3, 0.4) is 0 Å². The monoisotopic (exact) mass is 326 g/mol. The Balaban J connectivity index is 2.23. The summed E-state index contributed by atoms with van der Waals surface area (Å²) in [4.78, 5) is 0.138. The molecule has 0 fully saturated rings. The molecule has 2 aromatic carbocycles. The molecule has 2 rings (SSSR count). The van der Waals surface area contributed by atoms with E-state index in [1.165, 1.54) is 18.2 Å². The van der Waals surface area contributed by atoms with Crippen LogP contribution < -0.4 is 15.2 Å². The Labute approximate surface area is 128 Å². The number of ether oxygens (including phenoxy) is 1. The predicted molar refractivity (Wildman–Crippen MR) is 84.3 cm³/mol. The Hall–Kier alpha value is -1.92. The van der Waals surface area contributed by atoms with Crippen molar-refractivity contribution in [3.63, 3.8) is 0 Å². The van der Waals surface area contributed by atoms with Crippen molar-refractivity contribution in [3.05, 3.63) is 47.5 Å². The highest BCUT2D eigenvalue weighted by molar-refractivity contribution is 7.92. The van der Waals surface area contributed by atoms with E-state index in [9.17, 15) is 8.42 Å². The number of rotatable bonds is 5. The molecule has 3 N–H and O–H groups in total. The van der Waals surface area contributed by atoms with Crippen molar-refractivity contribution >= 4 is 33.0 Å². The zero-order valence-corrected chi connectivity index (χ0v) is 12.9. The quantitative estimate of drug-likeness (QED) is 0.827. The van der Waals surface area contributed by atoms with Crippen molar-refractivity contribution < 1.29 is 13.2 Å². The number of hydrogen-bond donors (Lipinski definition) is 2. The Morgan fingerprint density at radius 2 is 1.86 bits per heavy atom. The highest BCUT2D eigenvalue weighted by Gasteiger charge is 2.14. The van der Waals surface area contributed by atoms with E-state index in [1.54, 1.807) is 24.3 Å². The molecule has 0 amide bonds. The minimum atomic E-state index is -3.68. The molecule has 0 aromatic heterocycles. The second kappa shape index (κ2) is 6.24. The molecule has 0 heterocycles. The Morgan fingerprint density at radius 3 is 2.43 bits per heavy atom. The first-order chi connectivity index (χ1) is 9.92. The maximum Gasteiger partial charge on any atom is 0.261 e. The average molecular weight is 327 g/mol. The first-order valence-electron chi connectivity index (χ1n) is 6.23. The first kappa shape index (κ1) is 15.5. The van der Waals surface area contributed by atoms with Crippen molar-refractivity contribution in [1.29, 1.82) is 0 Å². The van der Waals surface area contributed by atoms with Crippen molar-refractivity contribution in [2.24, 2.45) is 0 Å². The molecular formula is C14H15ClN2O3S. The van der Waals surface area contributed by atoms with E-state index < -0.39 is 10.0 Å². The lowest BCUT2D eigenvalue weighted by Gasteiger charge is -2.10. The van der Waals surface area contributed by atoms with Crippen molar-refractivity contribution in [2.45, 2.75) is 11.8 Å². The molecule has 0 radical (unpaired) electrons. The third kappa shape index (κ3) is 3.80. The molecule has 0 saturated carbocycles. The lowest BCUT2D eigenvalue weighted by Crippen LogP contribution is -2.13. The Bertz CT molecular complexity index is 730. The number of hydrogen-bond acceptors (Lipinski definition) is 4. The van der Waals surface area contributed by atoms with E-state index in [0.717, 1.165) is 0 Å². The van der Waals surface area contributed by atoms with Gasteiger partial charge in [-0.1, -0.05) is 11.6 Å². The number of nitrogens with one attached hydrogen (secondary N) is 1. The summed E-state index contributed by atoms with van der Waals surface area (Å²) in [5.74, 6) is 0.618. The minimum absolute atomic E-state index is 0.138. The Kier molecular flexibility index (Phi) is 4.59. The standard InChI is InChI=1S/C14H15ClN2O3S/c1-2-20-11-4-6-12(7-5-11)21(18,19)17-10-3-8-14(16)13(15)9-10/h3-9,17H,2,16H2,1H3. The number of anilines is 2. The fourth-order valence-electron chi connectivity index (χ4n) is 1.69. The summed E-state index contributed by atoms with van der Waals surface area (Å²) >= 11 is 5.87. The van der Waals surface area contributed by atoms with Crippen LogP contribution in [0.5, 0.6) is 5.75 Å². The number of halogens is 1. The van der Waals surface area contributed by atoms with Crippen molar-refractivity contribution in [3.8, 4) is 5.75 Å². The van der Waals surface area contributed by atoms with Crippen LogP contribution in [0, 0.1) is 0 Å². The summed E-state index contributed by atoms with van der Waals surface area (Å²) in [7, 11) is -3.68. The van der Waals surface area contributed by atoms with E-state index in [1.807, 2.05) is 6.92 Å². The summed E-state index contributed by atoms with van der Waals surface area (Å²) in [6, 6.07) is 10.7. The van der Waals surface area contributed by atoms with Crippen LogP contribution in [-0.2, 0) is 10.0 Å². The SMILES string of the molecule is CCOc1ccc(S(=O)(=O)Nc2ccc(N)c(Cl)c2)cc1. The molecule has 0 atom stereocenters. The van der Waals surface area contributed by atoms with Gasteiger partial charge < -0.3 is 10.5 Å². The lowest BCUT2D eigenvalue weighted by molar-refractivity contribution is 0.340. The van der Waals surface area contributed by atoms with Crippen molar-refractivity contribution in [2.75, 3.05) is 17.1 Å². The van der Waals surface area contributed by atoms with Gasteiger partial charge in [-0.15, -0.1) is 0 Å². The molecule has 0 saturated heterocycles. The normalized spacial score (nSPS) is 11.1. The predicted octanol–water partition coefficient (Wildman–Crippen LogP) is 3.12. The average Bonchev–Trinajstić information content (AvgIpc) is 2.44. The molecule has 0 aliphatic rings. The van der Waals surface area contributed by atoms with Gasteiger partial charge in [0.25, 0.3) is 10.0 Å². The topological polar surface area (TPSA) is 81.4 Å². The fourth-order valence-corrected chi connectivity index (χ4v) is 2.92. The van der Waals surface area contributed by atoms with Gasteiger partial charge in [-0.3, -0.25) is 4.72 Å². The summed E-state index contributed by atoms with van der Waals surface area (Å²) in [6.07, 6.45) is 0. The van der Waals surface area contributed by atoms with Crippen molar-refractivity contribution in [1.82, 2.24) is 0 Å². The number of nitrogen functional groups attached to an aromatic ring is 1. The highest BCUT2D eigenvalue weighted by atomic mass is 35.5. The van der Waals surface area contributed by atoms with Crippen LogP contribution in [-0.4, -0.2) is 15.0 Å². The van der Waals surface area contributed by atoms with E-state index in [4.69, 9.17) is 22.1 Å². The second-order valence-corrected chi connectivity index (χ2v) is 6.34. The molecule has 21 heavy (non-hydrogen) atoms. The van der Waals surface area contributed by atoms with Gasteiger partial charge in [-0.2, -0.15) is 0 Å². The molecule has 0 unspecified atom stereocenters. The van der Waals surface area contributed by atoms with Gasteiger partial charge in [-0.05, 0) is 49.4 Å². The third-order valence-corrected chi connectivity index (χ3v) is 4.42. The van der Waals surface area contributed by atoms with Gasteiger partial charge in [0, 0.05) is 0 Å². The van der Waals surface area contributed by atoms with E-state index in [0.29, 0.717) is 28.8 Å². The molecule has 7 heteroatoms. The number of sulfonamides is 1. The van der Waals surface area contributed by atoms with Crippen LogP contribution in [0.1, 0.15) is 6.92 Å². The van der Waals surface area contributed by atoms with Crippen LogP contribution in [0.4, 0.5) is 11.4 Å². The molecule has 0 spiro atoms. The van der Waals surface area contributed by atoms with Gasteiger partial charge in [0.15, 0.2) is 0 Å². The fraction of sp³-hybridized carbons (Fsp3) is 0.143. The van der Waals surface area contributed by atoms with Crippen LogP contribution in [0.2, 0.25) is 5.02 Å². The zero-order valence-electron chi connectivity index (χ0n) is 11.3. The van der Waals surface area contributed by atoms with Gasteiger partial charge in [-0.25, -0.2) is 8.42 Å². The van der Waals surface area contributed by atoms with Gasteiger partial charge in [0.1, 0.15) is 5.75 Å². The molecular weight excluding hydrogens is 312 g/mol. The first-order valence-corrected chi connectivity index (χ1v) is 8.09. The number of nitrogens with two attached hydrogens (primary N) is 1. The Morgan fingerprint density at radius 1 is 1.19 bits per heavy atom. The molecule has 0 aliphatic carbocycles. The van der Waals surface area contributed by atoms with E-state index in [-0.39, 0.29) is 4.90 Å². The maximum atomic E-state index is 12.2. The smallest absolute Gasteiger partial charge is 0.261 e. The molecule has 0 aliphatic heterocycles. The second-order valence-electron chi connectivity index (χ2n) is 4.25. The maximum absolute atomic E-state index is 12.2. The van der Waals surface area contributed by atoms with Gasteiger partial charge in [0.2, 0.25) is 0 Å². The number of benzene rings is 2. The summed E-state index contributed by atoms with van der Waals surface area (Å²) < 4.78 is 32.2. The van der Waals surface area contributed by atoms with Crippen LogP contribution >= 0.6 is 11.6 Å². The lowest BCUT2D eigenvalue weighted by atomic mass is 10.3. The zero-order chi connectivity index (χ0) is 15.5. The summed E-state index contributed by atoms with van der Waals surface area (Å²) in [5, 5.41) is 0.293. The molecule has 0 bridgehead atoms. The molecule has 5 nitrogen and oxygen atoms in total. The van der Waals surface area contributed by atoms with E-state index in [2.05, 4.69) is 4.72 Å². The highest BCUT2D eigenvalue weighted by Crippen LogP contribution is 2.25. The van der Waals surface area contributed by atoms with Crippen LogP contribution in [0.15, 0.2) is 47.4 Å². The van der Waals surface area contributed by atoms with Gasteiger partial charge >= 0.3 is 0 Å². The largest absolute Gasteiger partial charge is 0.494 e. The van der Waals surface area contributed by atoms with E-state index >= 15 is 0 Å². The third-order valence-electron chi connectivity index (χ3n) is 2.70. The molecule has 112 valence electrons.